The van der Waals surface area contributed by atoms with E-state index < -0.39 is 5.91 Å². The molecule has 3 aromatic rings. The smallest absolute Gasteiger partial charge is 0.248 e. The number of nitriles is 1. The number of aryl methyl sites for hydroxylation is 2. The molecule has 0 spiro atoms. The predicted molar refractivity (Wildman–Crippen MR) is 96.1 cm³/mol. The highest BCUT2D eigenvalue weighted by molar-refractivity contribution is 6.31. The zero-order chi connectivity index (χ0) is 17.8. The summed E-state index contributed by atoms with van der Waals surface area (Å²) in [6.45, 7) is 0. The Hall–Kier alpha value is -3.10. The first-order valence-electron chi connectivity index (χ1n) is 7.71. The zero-order valence-corrected chi connectivity index (χ0v) is 14.0. The number of aromatic amines is 1. The van der Waals surface area contributed by atoms with Crippen molar-refractivity contribution in [2.75, 3.05) is 0 Å². The summed E-state index contributed by atoms with van der Waals surface area (Å²) in [4.78, 5) is 19.1. The molecular formula is C19H15ClN4O. The molecule has 3 N–H and O–H groups in total. The summed E-state index contributed by atoms with van der Waals surface area (Å²) >= 11 is 6.26. The lowest BCUT2D eigenvalue weighted by molar-refractivity contribution is 0.0999. The minimum absolute atomic E-state index is 0.439. The van der Waals surface area contributed by atoms with Gasteiger partial charge in [0.05, 0.1) is 11.6 Å². The van der Waals surface area contributed by atoms with Crippen LogP contribution in [0.2, 0.25) is 5.15 Å². The van der Waals surface area contributed by atoms with Crippen LogP contribution in [0.4, 0.5) is 0 Å². The maximum absolute atomic E-state index is 11.5. The van der Waals surface area contributed by atoms with Crippen molar-refractivity contribution >= 4 is 17.5 Å². The van der Waals surface area contributed by atoms with Crippen LogP contribution in [0.5, 0.6) is 0 Å². The molecule has 5 nitrogen and oxygen atoms in total. The van der Waals surface area contributed by atoms with Crippen LogP contribution in [0.1, 0.15) is 27.3 Å². The van der Waals surface area contributed by atoms with Gasteiger partial charge in [-0.15, -0.1) is 0 Å². The number of primary amides is 1. The van der Waals surface area contributed by atoms with Crippen LogP contribution in [0.3, 0.4) is 0 Å². The van der Waals surface area contributed by atoms with E-state index in [1.54, 1.807) is 24.3 Å². The molecule has 124 valence electrons. The number of carbonyl (C=O) groups excluding carboxylic acids is 1. The minimum atomic E-state index is -0.439. The van der Waals surface area contributed by atoms with Gasteiger partial charge in [0.1, 0.15) is 16.7 Å². The number of carbonyl (C=O) groups is 1. The number of benzene rings is 2. The summed E-state index contributed by atoms with van der Waals surface area (Å²) < 4.78 is 0. The number of halogens is 1. The number of aromatic nitrogens is 2. The highest BCUT2D eigenvalue weighted by Gasteiger charge is 2.12. The molecule has 0 aliphatic rings. The maximum Gasteiger partial charge on any atom is 0.248 e. The second kappa shape index (κ2) is 7.20. The summed E-state index contributed by atoms with van der Waals surface area (Å²) in [6.07, 6.45) is 1.22. The zero-order valence-electron chi connectivity index (χ0n) is 13.3. The third-order valence-corrected chi connectivity index (χ3v) is 4.18. The number of nitrogens with two attached hydrogens (primary N) is 1. The Morgan fingerprint density at radius 2 is 1.88 bits per heavy atom. The molecule has 0 radical (unpaired) electrons. The van der Waals surface area contributed by atoms with Crippen LogP contribution in [-0.2, 0) is 12.8 Å². The Kier molecular flexibility index (Phi) is 4.82. The first-order valence-corrected chi connectivity index (χ1v) is 8.09. The number of hydrogen-bond donors (Lipinski definition) is 2. The predicted octanol–water partition coefficient (Wildman–Crippen LogP) is 3.49. The van der Waals surface area contributed by atoms with Gasteiger partial charge in [-0.2, -0.15) is 5.26 Å². The van der Waals surface area contributed by atoms with Gasteiger partial charge in [0.2, 0.25) is 5.91 Å². The van der Waals surface area contributed by atoms with Crippen molar-refractivity contribution in [3.8, 4) is 17.3 Å². The van der Waals surface area contributed by atoms with Crippen molar-refractivity contribution in [2.45, 2.75) is 12.8 Å². The van der Waals surface area contributed by atoms with Gasteiger partial charge in [-0.05, 0) is 30.2 Å². The number of H-pyrrole nitrogens is 1. The van der Waals surface area contributed by atoms with E-state index in [4.69, 9.17) is 22.6 Å². The molecule has 6 heteroatoms. The van der Waals surface area contributed by atoms with E-state index in [0.717, 1.165) is 17.0 Å². The molecule has 2 aromatic carbocycles. The van der Waals surface area contributed by atoms with Gasteiger partial charge < -0.3 is 10.7 Å². The molecule has 0 atom stereocenters. The van der Waals surface area contributed by atoms with E-state index in [0.29, 0.717) is 34.8 Å². The van der Waals surface area contributed by atoms with E-state index >= 15 is 0 Å². The SMILES string of the molecule is N#Cc1ccc(-c2nc(CCc3ccccc3C(N)=O)[nH]c2Cl)cc1. The minimum Gasteiger partial charge on any atom is -0.366 e. The molecule has 0 bridgehead atoms. The highest BCUT2D eigenvalue weighted by atomic mass is 35.5. The van der Waals surface area contributed by atoms with Crippen LogP contribution in [-0.4, -0.2) is 15.9 Å². The topological polar surface area (TPSA) is 95.6 Å². The van der Waals surface area contributed by atoms with Crippen molar-refractivity contribution < 1.29 is 4.79 Å². The fourth-order valence-corrected chi connectivity index (χ4v) is 2.90. The van der Waals surface area contributed by atoms with Crippen molar-refractivity contribution in [1.82, 2.24) is 9.97 Å². The van der Waals surface area contributed by atoms with E-state index in [2.05, 4.69) is 16.0 Å². The Morgan fingerprint density at radius 1 is 1.16 bits per heavy atom. The van der Waals surface area contributed by atoms with Crippen LogP contribution in [0.25, 0.3) is 11.3 Å². The molecule has 1 amide bonds. The highest BCUT2D eigenvalue weighted by Crippen LogP contribution is 2.26. The molecule has 25 heavy (non-hydrogen) atoms. The molecule has 0 saturated heterocycles. The largest absolute Gasteiger partial charge is 0.366 e. The summed E-state index contributed by atoms with van der Waals surface area (Å²) in [7, 11) is 0. The Morgan fingerprint density at radius 3 is 2.56 bits per heavy atom. The average Bonchev–Trinajstić information content (AvgIpc) is 3.01. The van der Waals surface area contributed by atoms with Crippen molar-refractivity contribution in [1.29, 1.82) is 5.26 Å². The van der Waals surface area contributed by atoms with Crippen molar-refractivity contribution in [3.63, 3.8) is 0 Å². The van der Waals surface area contributed by atoms with Gasteiger partial charge in [-0.25, -0.2) is 4.98 Å². The van der Waals surface area contributed by atoms with Crippen LogP contribution in [0.15, 0.2) is 48.5 Å². The Bertz CT molecular complexity index is 954. The number of hydrogen-bond acceptors (Lipinski definition) is 3. The molecule has 0 fully saturated rings. The molecule has 0 unspecified atom stereocenters. The van der Waals surface area contributed by atoms with Crippen molar-refractivity contribution in [3.05, 3.63) is 76.2 Å². The van der Waals surface area contributed by atoms with Gasteiger partial charge in [-0.3, -0.25) is 4.79 Å². The quantitative estimate of drug-likeness (QED) is 0.737. The fourth-order valence-electron chi connectivity index (χ4n) is 2.64. The van der Waals surface area contributed by atoms with Crippen LogP contribution in [0, 0.1) is 11.3 Å². The number of imidazole rings is 1. The molecule has 1 aromatic heterocycles. The molecule has 1 heterocycles. The average molecular weight is 351 g/mol. The fraction of sp³-hybridized carbons (Fsp3) is 0.105. The summed E-state index contributed by atoms with van der Waals surface area (Å²) in [6, 6.07) is 16.4. The lowest BCUT2D eigenvalue weighted by atomic mass is 10.0. The Labute approximate surface area is 150 Å². The monoisotopic (exact) mass is 350 g/mol. The van der Waals surface area contributed by atoms with Crippen LogP contribution < -0.4 is 5.73 Å². The van der Waals surface area contributed by atoms with Crippen molar-refractivity contribution in [2.24, 2.45) is 5.73 Å². The molecule has 3 rings (SSSR count). The van der Waals surface area contributed by atoms with E-state index in [-0.39, 0.29) is 0 Å². The molecule has 0 aliphatic carbocycles. The summed E-state index contributed by atoms with van der Waals surface area (Å²) in [5.74, 6) is 0.287. The van der Waals surface area contributed by atoms with Gasteiger partial charge in [0.15, 0.2) is 0 Å². The number of amides is 1. The molecule has 0 aliphatic heterocycles. The first kappa shape index (κ1) is 16.7. The first-order chi connectivity index (χ1) is 12.1. The van der Waals surface area contributed by atoms with Gasteiger partial charge in [0, 0.05) is 17.5 Å². The number of nitrogens with zero attached hydrogens (tertiary/aromatic N) is 2. The second-order valence-corrected chi connectivity index (χ2v) is 5.93. The normalized spacial score (nSPS) is 10.4. The standard InChI is InChI=1S/C19H15ClN4O/c20-18-17(14-7-5-12(11-21)6-8-14)23-16(24-18)10-9-13-3-1-2-4-15(13)19(22)25/h1-8H,9-10H2,(H2,22,25)(H,23,24). The van der Waals surface area contributed by atoms with E-state index in [1.165, 1.54) is 0 Å². The van der Waals surface area contributed by atoms with E-state index in [1.807, 2.05) is 24.3 Å². The number of nitrogens with one attached hydrogen (secondary N) is 1. The number of rotatable bonds is 5. The Balaban J connectivity index is 1.79. The lowest BCUT2D eigenvalue weighted by Gasteiger charge is -2.05. The third-order valence-electron chi connectivity index (χ3n) is 3.91. The summed E-state index contributed by atoms with van der Waals surface area (Å²) in [5.41, 5.74) is 8.87. The van der Waals surface area contributed by atoms with Gasteiger partial charge in [-0.1, -0.05) is 41.9 Å². The van der Waals surface area contributed by atoms with E-state index in [9.17, 15) is 4.79 Å². The maximum atomic E-state index is 11.5. The summed E-state index contributed by atoms with van der Waals surface area (Å²) in [5, 5.41) is 9.31. The second-order valence-electron chi connectivity index (χ2n) is 5.56. The van der Waals surface area contributed by atoms with Gasteiger partial charge >= 0.3 is 0 Å². The molecular weight excluding hydrogens is 336 g/mol. The third kappa shape index (κ3) is 3.70. The molecule has 0 saturated carbocycles. The van der Waals surface area contributed by atoms with Gasteiger partial charge in [0.25, 0.3) is 0 Å². The lowest BCUT2D eigenvalue weighted by Crippen LogP contribution is -2.14. The van der Waals surface area contributed by atoms with Crippen LogP contribution >= 0.6 is 11.6 Å².